The van der Waals surface area contributed by atoms with Crippen molar-refractivity contribution in [1.29, 1.82) is 0 Å². The fourth-order valence-electron chi connectivity index (χ4n) is 1.77. The van der Waals surface area contributed by atoms with Crippen molar-refractivity contribution < 1.29 is 9.47 Å². The van der Waals surface area contributed by atoms with Crippen LogP contribution in [-0.4, -0.2) is 51.9 Å². The Kier molecular flexibility index (Phi) is 9.51. The lowest BCUT2D eigenvalue weighted by atomic mass is 10.2. The summed E-state index contributed by atoms with van der Waals surface area (Å²) < 4.78 is 13.3. The van der Waals surface area contributed by atoms with E-state index < -0.39 is 0 Å². The Hall–Kier alpha value is -0.140. The van der Waals surface area contributed by atoms with Crippen LogP contribution in [-0.2, 0) is 11.3 Å². The van der Waals surface area contributed by atoms with Gasteiger partial charge in [-0.15, -0.1) is 0 Å². The van der Waals surface area contributed by atoms with Gasteiger partial charge < -0.3 is 19.7 Å². The van der Waals surface area contributed by atoms with Gasteiger partial charge in [-0.25, -0.2) is 0 Å². The maximum atomic E-state index is 5.70. The van der Waals surface area contributed by atoms with E-state index in [0.717, 1.165) is 46.5 Å². The van der Waals surface area contributed by atoms with E-state index in [0.29, 0.717) is 13.2 Å². The quantitative estimate of drug-likeness (QED) is 0.585. The number of ether oxygens (including phenoxy) is 2. The summed E-state index contributed by atoms with van der Waals surface area (Å²) in [6.07, 6.45) is 0. The number of hydrogen-bond acceptors (Lipinski definition) is 4. The van der Waals surface area contributed by atoms with E-state index in [2.05, 4.69) is 48.1 Å². The van der Waals surface area contributed by atoms with Crippen molar-refractivity contribution in [1.82, 2.24) is 10.2 Å². The summed E-state index contributed by atoms with van der Waals surface area (Å²) >= 11 is 7.06. The van der Waals surface area contributed by atoms with Gasteiger partial charge in [0.15, 0.2) is 0 Å². The first-order chi connectivity index (χ1) is 10.0. The van der Waals surface area contributed by atoms with Gasteiger partial charge in [-0.3, -0.25) is 0 Å². The first-order valence-corrected chi connectivity index (χ1v) is 8.67. The molecule has 0 saturated carbocycles. The molecule has 1 N–H and O–H groups in total. The highest BCUT2D eigenvalue weighted by atomic mass is 79.9. The normalized spacial score (nSPS) is 11.1. The number of halogens is 2. The highest BCUT2D eigenvalue weighted by molar-refractivity contribution is 9.11. The Morgan fingerprint density at radius 3 is 2.62 bits per heavy atom. The van der Waals surface area contributed by atoms with Crippen LogP contribution < -0.4 is 10.1 Å². The molecule has 1 aromatic carbocycles. The molecule has 1 aromatic rings. The first kappa shape index (κ1) is 18.9. The molecule has 0 unspecified atom stereocenters. The van der Waals surface area contributed by atoms with Gasteiger partial charge >= 0.3 is 0 Å². The van der Waals surface area contributed by atoms with Crippen LogP contribution in [0.15, 0.2) is 21.1 Å². The SMILES string of the molecule is CCOc1c(Br)cc(Br)cc1CNCCOCCN(C)C. The molecule has 120 valence electrons. The van der Waals surface area contributed by atoms with Crippen molar-refractivity contribution >= 4 is 31.9 Å². The van der Waals surface area contributed by atoms with Crippen LogP contribution in [0.5, 0.6) is 5.75 Å². The van der Waals surface area contributed by atoms with Gasteiger partial charge in [0.25, 0.3) is 0 Å². The predicted molar refractivity (Wildman–Crippen MR) is 94.1 cm³/mol. The van der Waals surface area contributed by atoms with E-state index in [4.69, 9.17) is 9.47 Å². The largest absolute Gasteiger partial charge is 0.492 e. The second-order valence-electron chi connectivity index (χ2n) is 4.90. The lowest BCUT2D eigenvalue weighted by Gasteiger charge is -2.14. The van der Waals surface area contributed by atoms with Crippen LogP contribution in [0.2, 0.25) is 0 Å². The second-order valence-corrected chi connectivity index (χ2v) is 6.67. The monoisotopic (exact) mass is 422 g/mol. The highest BCUT2D eigenvalue weighted by Crippen LogP contribution is 2.32. The number of likely N-dealkylation sites (N-methyl/N-ethyl adjacent to an activating group) is 1. The molecular formula is C15H24Br2N2O2. The molecule has 0 spiro atoms. The fourth-order valence-corrected chi connectivity index (χ4v) is 3.20. The fraction of sp³-hybridized carbons (Fsp3) is 0.600. The molecule has 6 heteroatoms. The summed E-state index contributed by atoms with van der Waals surface area (Å²) in [5.41, 5.74) is 1.13. The molecule has 0 heterocycles. The number of nitrogens with zero attached hydrogens (tertiary/aromatic N) is 1. The van der Waals surface area contributed by atoms with Gasteiger partial charge in [0.1, 0.15) is 5.75 Å². The minimum Gasteiger partial charge on any atom is -0.492 e. The zero-order valence-corrected chi connectivity index (χ0v) is 16.1. The number of hydrogen-bond donors (Lipinski definition) is 1. The Morgan fingerprint density at radius 1 is 1.19 bits per heavy atom. The van der Waals surface area contributed by atoms with Gasteiger partial charge in [0.05, 0.1) is 24.3 Å². The molecule has 0 aromatic heterocycles. The summed E-state index contributed by atoms with van der Waals surface area (Å²) in [5, 5.41) is 3.38. The third-order valence-electron chi connectivity index (χ3n) is 2.80. The molecule has 0 aliphatic heterocycles. The molecule has 0 aliphatic rings. The Labute approximate surface area is 144 Å². The van der Waals surface area contributed by atoms with Crippen LogP contribution in [0.1, 0.15) is 12.5 Å². The summed E-state index contributed by atoms with van der Waals surface area (Å²) in [6.45, 7) is 6.65. The van der Waals surface area contributed by atoms with Crippen molar-refractivity contribution in [2.45, 2.75) is 13.5 Å². The summed E-state index contributed by atoms with van der Waals surface area (Å²) in [4.78, 5) is 2.11. The van der Waals surface area contributed by atoms with E-state index in [1.54, 1.807) is 0 Å². The molecule has 0 radical (unpaired) electrons. The molecule has 0 aliphatic carbocycles. The van der Waals surface area contributed by atoms with E-state index in [-0.39, 0.29) is 0 Å². The third kappa shape index (κ3) is 7.61. The maximum Gasteiger partial charge on any atom is 0.138 e. The smallest absolute Gasteiger partial charge is 0.138 e. The lowest BCUT2D eigenvalue weighted by Crippen LogP contribution is -2.23. The van der Waals surface area contributed by atoms with Crippen molar-refractivity contribution in [2.24, 2.45) is 0 Å². The van der Waals surface area contributed by atoms with Crippen molar-refractivity contribution in [2.75, 3.05) is 47.0 Å². The zero-order valence-electron chi connectivity index (χ0n) is 12.9. The minimum atomic E-state index is 0.654. The highest BCUT2D eigenvalue weighted by Gasteiger charge is 2.09. The van der Waals surface area contributed by atoms with Gasteiger partial charge in [0.2, 0.25) is 0 Å². The van der Waals surface area contributed by atoms with Gasteiger partial charge in [0, 0.05) is 29.7 Å². The van der Waals surface area contributed by atoms with Crippen LogP contribution in [0.3, 0.4) is 0 Å². The van der Waals surface area contributed by atoms with Crippen LogP contribution in [0.25, 0.3) is 0 Å². The Balaban J connectivity index is 2.37. The lowest BCUT2D eigenvalue weighted by molar-refractivity contribution is 0.119. The van der Waals surface area contributed by atoms with Gasteiger partial charge in [-0.2, -0.15) is 0 Å². The molecule has 0 fully saturated rings. The molecular weight excluding hydrogens is 400 g/mol. The van der Waals surface area contributed by atoms with Crippen molar-refractivity contribution in [3.8, 4) is 5.75 Å². The number of rotatable bonds is 10. The van der Waals surface area contributed by atoms with Gasteiger partial charge in [-0.05, 0) is 49.1 Å². The van der Waals surface area contributed by atoms with Crippen LogP contribution >= 0.6 is 31.9 Å². The predicted octanol–water partition coefficient (Wildman–Crippen LogP) is 3.28. The average Bonchev–Trinajstić information content (AvgIpc) is 2.41. The summed E-state index contributed by atoms with van der Waals surface area (Å²) in [6, 6.07) is 4.08. The molecule has 0 amide bonds. The minimum absolute atomic E-state index is 0.654. The van der Waals surface area contributed by atoms with Crippen molar-refractivity contribution in [3.63, 3.8) is 0 Å². The summed E-state index contributed by atoms with van der Waals surface area (Å²) in [7, 11) is 4.09. The molecule has 0 bridgehead atoms. The molecule has 4 nitrogen and oxygen atoms in total. The molecule has 1 rings (SSSR count). The second kappa shape index (κ2) is 10.6. The molecule has 0 atom stereocenters. The number of nitrogens with one attached hydrogen (secondary N) is 1. The third-order valence-corrected chi connectivity index (χ3v) is 3.84. The zero-order chi connectivity index (χ0) is 15.7. The summed E-state index contributed by atoms with van der Waals surface area (Å²) in [5.74, 6) is 0.904. The van der Waals surface area contributed by atoms with E-state index in [1.165, 1.54) is 0 Å². The van der Waals surface area contributed by atoms with Crippen molar-refractivity contribution in [3.05, 3.63) is 26.6 Å². The van der Waals surface area contributed by atoms with E-state index in [1.807, 2.05) is 27.1 Å². The van der Waals surface area contributed by atoms with Gasteiger partial charge in [-0.1, -0.05) is 15.9 Å². The Bertz CT molecular complexity index is 428. The van der Waals surface area contributed by atoms with Crippen LogP contribution in [0, 0.1) is 0 Å². The average molecular weight is 424 g/mol. The topological polar surface area (TPSA) is 33.7 Å². The molecule has 21 heavy (non-hydrogen) atoms. The maximum absolute atomic E-state index is 5.70. The van der Waals surface area contributed by atoms with E-state index in [9.17, 15) is 0 Å². The molecule has 0 saturated heterocycles. The Morgan fingerprint density at radius 2 is 1.95 bits per heavy atom. The van der Waals surface area contributed by atoms with E-state index >= 15 is 0 Å². The standard InChI is InChI=1S/C15H24Br2N2O2/c1-4-21-15-12(9-13(16)10-14(15)17)11-18-5-7-20-8-6-19(2)3/h9-10,18H,4-8,11H2,1-3H3. The van der Waals surface area contributed by atoms with Crippen LogP contribution in [0.4, 0.5) is 0 Å². The number of benzene rings is 1. The first-order valence-electron chi connectivity index (χ1n) is 7.08.